The van der Waals surface area contributed by atoms with Gasteiger partial charge in [0.1, 0.15) is 0 Å². The lowest BCUT2D eigenvalue weighted by Crippen LogP contribution is -2.16. The molecule has 126 valence electrons. The van der Waals surface area contributed by atoms with E-state index in [-0.39, 0.29) is 0 Å². The van der Waals surface area contributed by atoms with Crippen molar-refractivity contribution < 1.29 is 19.5 Å². The SMILES string of the molecule is COC(C(=O)O)c1ccccc1/C(ON)=C(/C)c1ccc(Cl)cc1. The van der Waals surface area contributed by atoms with Gasteiger partial charge in [-0.3, -0.25) is 0 Å². The number of hydrogen-bond acceptors (Lipinski definition) is 4. The lowest BCUT2D eigenvalue weighted by Gasteiger charge is -2.18. The van der Waals surface area contributed by atoms with Gasteiger partial charge in [-0.2, -0.15) is 5.90 Å². The summed E-state index contributed by atoms with van der Waals surface area (Å²) < 4.78 is 5.10. The normalized spacial score (nSPS) is 13.2. The van der Waals surface area contributed by atoms with Crippen LogP contribution in [0.15, 0.2) is 48.5 Å². The third-order valence-electron chi connectivity index (χ3n) is 3.68. The van der Waals surface area contributed by atoms with E-state index in [4.69, 9.17) is 27.1 Å². The maximum atomic E-state index is 11.4. The number of halogens is 1. The number of carboxylic acids is 1. The van der Waals surface area contributed by atoms with Crippen LogP contribution in [0.3, 0.4) is 0 Å². The van der Waals surface area contributed by atoms with Gasteiger partial charge in [0, 0.05) is 28.8 Å². The summed E-state index contributed by atoms with van der Waals surface area (Å²) in [5.41, 5.74) is 2.63. The first kappa shape index (κ1) is 18.0. The molecule has 2 aromatic rings. The molecule has 0 bridgehead atoms. The molecular formula is C18H18ClNO4. The van der Waals surface area contributed by atoms with Crippen molar-refractivity contribution >= 4 is 28.9 Å². The van der Waals surface area contributed by atoms with E-state index in [1.807, 2.05) is 19.1 Å². The summed E-state index contributed by atoms with van der Waals surface area (Å²) in [6, 6.07) is 14.1. The Hall–Kier alpha value is -2.34. The number of allylic oxidation sites excluding steroid dienone is 1. The highest BCUT2D eigenvalue weighted by Crippen LogP contribution is 2.32. The second kappa shape index (κ2) is 7.97. The van der Waals surface area contributed by atoms with Gasteiger partial charge in [0.2, 0.25) is 0 Å². The van der Waals surface area contributed by atoms with E-state index >= 15 is 0 Å². The first-order chi connectivity index (χ1) is 11.5. The molecule has 0 radical (unpaired) electrons. The van der Waals surface area contributed by atoms with Gasteiger partial charge in [0.05, 0.1) is 0 Å². The van der Waals surface area contributed by atoms with Crippen LogP contribution in [0.25, 0.3) is 11.3 Å². The van der Waals surface area contributed by atoms with Gasteiger partial charge in [-0.15, -0.1) is 0 Å². The Bertz CT molecular complexity index is 756. The molecule has 6 heteroatoms. The van der Waals surface area contributed by atoms with E-state index in [0.717, 1.165) is 11.1 Å². The predicted molar refractivity (Wildman–Crippen MR) is 93.0 cm³/mol. The second-order valence-corrected chi connectivity index (χ2v) is 5.56. The minimum atomic E-state index is -1.12. The predicted octanol–water partition coefficient (Wildman–Crippen LogP) is 3.89. The Kier molecular flexibility index (Phi) is 5.98. The van der Waals surface area contributed by atoms with Crippen molar-refractivity contribution in [3.8, 4) is 0 Å². The molecule has 0 aliphatic rings. The molecule has 0 aliphatic heterocycles. The summed E-state index contributed by atoms with van der Waals surface area (Å²) in [5, 5.41) is 9.98. The smallest absolute Gasteiger partial charge is 0.337 e. The summed E-state index contributed by atoms with van der Waals surface area (Å²) in [5.74, 6) is 4.77. The summed E-state index contributed by atoms with van der Waals surface area (Å²) in [7, 11) is 1.34. The quantitative estimate of drug-likeness (QED) is 0.470. The minimum absolute atomic E-state index is 0.372. The van der Waals surface area contributed by atoms with Gasteiger partial charge in [0.25, 0.3) is 0 Å². The van der Waals surface area contributed by atoms with Crippen LogP contribution in [0.1, 0.15) is 29.7 Å². The molecule has 0 amide bonds. The molecule has 2 rings (SSSR count). The van der Waals surface area contributed by atoms with Gasteiger partial charge in [-0.1, -0.05) is 48.0 Å². The van der Waals surface area contributed by atoms with Crippen LogP contribution in [0, 0.1) is 0 Å². The lowest BCUT2D eigenvalue weighted by atomic mass is 9.96. The molecule has 2 aromatic carbocycles. The number of methoxy groups -OCH3 is 1. The summed E-state index contributed by atoms with van der Waals surface area (Å²) in [6.45, 7) is 1.84. The van der Waals surface area contributed by atoms with Gasteiger partial charge in [0.15, 0.2) is 11.9 Å². The second-order valence-electron chi connectivity index (χ2n) is 5.12. The number of nitrogens with two attached hydrogens (primary N) is 1. The standard InChI is InChI=1S/C18H18ClNO4/c1-11(12-7-9-13(19)10-8-12)16(24-20)14-5-3-4-6-15(14)17(23-2)18(21)22/h3-10,17H,20H2,1-2H3,(H,21,22)/b16-11+. The molecule has 3 N–H and O–H groups in total. The van der Waals surface area contributed by atoms with Crippen molar-refractivity contribution in [2.75, 3.05) is 7.11 Å². The van der Waals surface area contributed by atoms with Gasteiger partial charge < -0.3 is 14.7 Å². The fraction of sp³-hybridized carbons (Fsp3) is 0.167. The zero-order chi connectivity index (χ0) is 17.7. The Morgan fingerprint density at radius 2 is 1.79 bits per heavy atom. The molecule has 0 saturated heterocycles. The highest BCUT2D eigenvalue weighted by Gasteiger charge is 2.24. The Balaban J connectivity index is 2.61. The van der Waals surface area contributed by atoms with Gasteiger partial charge >= 0.3 is 5.97 Å². The van der Waals surface area contributed by atoms with Crippen LogP contribution < -0.4 is 5.90 Å². The number of hydrogen-bond donors (Lipinski definition) is 2. The molecular weight excluding hydrogens is 330 g/mol. The van der Waals surface area contributed by atoms with E-state index in [1.54, 1.807) is 36.4 Å². The summed E-state index contributed by atoms with van der Waals surface area (Å²) in [6.07, 6.45) is -1.12. The van der Waals surface area contributed by atoms with Crippen molar-refractivity contribution in [1.82, 2.24) is 0 Å². The van der Waals surface area contributed by atoms with Crippen molar-refractivity contribution in [2.24, 2.45) is 5.90 Å². The van der Waals surface area contributed by atoms with Crippen molar-refractivity contribution in [1.29, 1.82) is 0 Å². The molecule has 1 unspecified atom stereocenters. The monoisotopic (exact) mass is 347 g/mol. The number of benzene rings is 2. The zero-order valence-corrected chi connectivity index (χ0v) is 14.1. The van der Waals surface area contributed by atoms with Crippen molar-refractivity contribution in [3.63, 3.8) is 0 Å². The lowest BCUT2D eigenvalue weighted by molar-refractivity contribution is -0.148. The molecule has 5 nitrogen and oxygen atoms in total. The number of rotatable bonds is 6. The van der Waals surface area contributed by atoms with Crippen LogP contribution in [0.5, 0.6) is 0 Å². The first-order valence-electron chi connectivity index (χ1n) is 7.18. The minimum Gasteiger partial charge on any atom is -0.479 e. The van der Waals surface area contributed by atoms with Crippen LogP contribution in [-0.2, 0) is 14.4 Å². The molecule has 0 fully saturated rings. The highest BCUT2D eigenvalue weighted by molar-refractivity contribution is 6.30. The van der Waals surface area contributed by atoms with E-state index in [0.29, 0.717) is 21.9 Å². The zero-order valence-electron chi connectivity index (χ0n) is 13.3. The molecule has 0 heterocycles. The number of carbonyl (C=O) groups is 1. The molecule has 1 atom stereocenters. The fourth-order valence-electron chi connectivity index (χ4n) is 2.48. The summed E-state index contributed by atoms with van der Waals surface area (Å²) >= 11 is 5.91. The van der Waals surface area contributed by atoms with E-state index in [2.05, 4.69) is 0 Å². The van der Waals surface area contributed by atoms with Crippen LogP contribution in [-0.4, -0.2) is 18.2 Å². The Labute approximate surface area is 145 Å². The molecule has 24 heavy (non-hydrogen) atoms. The Morgan fingerprint density at radius 3 is 2.33 bits per heavy atom. The topological polar surface area (TPSA) is 81.8 Å². The van der Waals surface area contributed by atoms with Gasteiger partial charge in [-0.05, 0) is 24.6 Å². The third kappa shape index (κ3) is 3.76. The molecule has 0 aliphatic carbocycles. The average Bonchev–Trinajstić information content (AvgIpc) is 2.57. The van der Waals surface area contributed by atoms with Crippen molar-refractivity contribution in [3.05, 3.63) is 70.2 Å². The van der Waals surface area contributed by atoms with Crippen LogP contribution in [0.4, 0.5) is 0 Å². The number of aliphatic carboxylic acids is 1. The molecule has 0 spiro atoms. The summed E-state index contributed by atoms with van der Waals surface area (Å²) in [4.78, 5) is 16.5. The highest BCUT2D eigenvalue weighted by atomic mass is 35.5. The van der Waals surface area contributed by atoms with E-state index in [9.17, 15) is 9.90 Å². The van der Waals surface area contributed by atoms with Crippen LogP contribution >= 0.6 is 11.6 Å². The Morgan fingerprint density at radius 1 is 1.17 bits per heavy atom. The average molecular weight is 348 g/mol. The molecule has 0 aromatic heterocycles. The maximum Gasteiger partial charge on any atom is 0.337 e. The number of ether oxygens (including phenoxy) is 1. The third-order valence-corrected chi connectivity index (χ3v) is 3.94. The van der Waals surface area contributed by atoms with E-state index in [1.165, 1.54) is 7.11 Å². The van der Waals surface area contributed by atoms with Gasteiger partial charge in [-0.25, -0.2) is 4.79 Å². The van der Waals surface area contributed by atoms with E-state index < -0.39 is 12.1 Å². The molecule has 0 saturated carbocycles. The van der Waals surface area contributed by atoms with Crippen molar-refractivity contribution in [2.45, 2.75) is 13.0 Å². The fourth-order valence-corrected chi connectivity index (χ4v) is 2.60. The first-order valence-corrected chi connectivity index (χ1v) is 7.55. The van der Waals surface area contributed by atoms with Crippen LogP contribution in [0.2, 0.25) is 5.02 Å². The number of carboxylic acid groups (broad SMARTS) is 1. The maximum absolute atomic E-state index is 11.4. The largest absolute Gasteiger partial charge is 0.479 e.